The van der Waals surface area contributed by atoms with E-state index in [1.54, 1.807) is 12.3 Å². The fourth-order valence-corrected chi connectivity index (χ4v) is 1.18. The summed E-state index contributed by atoms with van der Waals surface area (Å²) in [5.74, 6) is 0. The quantitative estimate of drug-likeness (QED) is 0.743. The molecule has 0 saturated heterocycles. The minimum atomic E-state index is -0.356. The Balaban J connectivity index is 0. The van der Waals surface area contributed by atoms with Gasteiger partial charge in [-0.05, 0) is 17.8 Å². The third-order valence-corrected chi connectivity index (χ3v) is 1.72. The second-order valence-corrected chi connectivity index (χ2v) is 2.98. The summed E-state index contributed by atoms with van der Waals surface area (Å²) in [6, 6.07) is 1.76. The van der Waals surface area contributed by atoms with E-state index in [4.69, 9.17) is 0 Å². The molecule has 4 nitrogen and oxygen atoms in total. The number of nitrogens with one attached hydrogen (secondary N) is 1. The molecule has 6 heteroatoms. The summed E-state index contributed by atoms with van der Waals surface area (Å²) in [5.41, 5.74) is 0.758. The van der Waals surface area contributed by atoms with Crippen molar-refractivity contribution in [3.05, 3.63) is 34.6 Å². The van der Waals surface area contributed by atoms with E-state index in [1.807, 2.05) is 13.8 Å². The van der Waals surface area contributed by atoms with Crippen LogP contribution in [0.5, 0.6) is 0 Å². The van der Waals surface area contributed by atoms with Crippen LogP contribution in [0.15, 0.2) is 21.5 Å². The number of H-pyrrole nitrogens is 1. The number of fused-ring (bicyclic) bond motifs is 1. The van der Waals surface area contributed by atoms with Gasteiger partial charge in [-0.2, -0.15) is 0 Å². The molecule has 0 unspecified atom stereocenters. The van der Waals surface area contributed by atoms with E-state index in [1.165, 1.54) is 0 Å². The van der Waals surface area contributed by atoms with Gasteiger partial charge in [0, 0.05) is 42.8 Å². The molecule has 0 fully saturated rings. The van der Waals surface area contributed by atoms with E-state index in [-0.39, 0.29) is 45.8 Å². The Hall–Kier alpha value is 0.00390. The Labute approximate surface area is 122 Å². The summed E-state index contributed by atoms with van der Waals surface area (Å²) < 4.78 is 0.827. The normalized spacial score (nSPS) is 8.20. The van der Waals surface area contributed by atoms with Gasteiger partial charge in [-0.1, -0.05) is 29.8 Å². The summed E-state index contributed by atoms with van der Waals surface area (Å²) >= 11 is 3.23. The Kier molecular flexibility index (Phi) is 9.50. The summed E-state index contributed by atoms with van der Waals surface area (Å²) in [7, 11) is 0. The number of hydrogen-bond acceptors (Lipinski definition) is 2. The molecule has 0 aromatic carbocycles. The summed E-state index contributed by atoms with van der Waals surface area (Å²) in [6.45, 7) is 4.00. The first kappa shape index (κ1) is 17.4. The molecular weight excluding hydrogens is 335 g/mol. The Bertz CT molecular complexity index is 452. The molecule has 0 amide bonds. The fraction of sp³-hybridized carbons (Fsp3) is 0.222. The molecule has 0 aliphatic carbocycles. The maximum Gasteiger partial charge on any atom is 0.220 e. The van der Waals surface area contributed by atoms with Gasteiger partial charge in [-0.15, -0.1) is 0 Å². The third-order valence-electron chi connectivity index (χ3n) is 1.28. The van der Waals surface area contributed by atoms with Crippen molar-refractivity contribution in [2.75, 3.05) is 0 Å². The zero-order valence-corrected chi connectivity index (χ0v) is 13.3. The molecule has 15 heavy (non-hydrogen) atoms. The first-order valence-corrected chi connectivity index (χ1v) is 4.73. The van der Waals surface area contributed by atoms with E-state index in [9.17, 15) is 4.79 Å². The fourth-order valence-electron chi connectivity index (χ4n) is 0.852. The molecule has 0 aliphatic heterocycles. The van der Waals surface area contributed by atoms with E-state index in [2.05, 4.69) is 30.9 Å². The maximum atomic E-state index is 10.7. The third kappa shape index (κ3) is 4.57. The first-order chi connectivity index (χ1) is 6.25. The van der Waals surface area contributed by atoms with Gasteiger partial charge in [0.25, 0.3) is 0 Å². The van der Waals surface area contributed by atoms with E-state index >= 15 is 0 Å². The van der Waals surface area contributed by atoms with Crippen LogP contribution in [0.2, 0.25) is 0 Å². The predicted molar refractivity (Wildman–Crippen MR) is 61.1 cm³/mol. The molecule has 1 N–H and O–H groups in total. The van der Waals surface area contributed by atoms with E-state index < -0.39 is 0 Å². The van der Waals surface area contributed by atoms with Gasteiger partial charge in [0.1, 0.15) is 0 Å². The van der Waals surface area contributed by atoms with Crippen LogP contribution in [0.3, 0.4) is 0 Å². The first-order valence-electron chi connectivity index (χ1n) is 3.94. The Morgan fingerprint density at radius 2 is 2.07 bits per heavy atom. The van der Waals surface area contributed by atoms with Crippen LogP contribution in [0.25, 0.3) is 11.2 Å². The van der Waals surface area contributed by atoms with Gasteiger partial charge in [0.15, 0.2) is 0 Å². The van der Waals surface area contributed by atoms with Crippen LogP contribution in [-0.2, 0) is 32.7 Å². The maximum absolute atomic E-state index is 10.7. The van der Waals surface area contributed by atoms with E-state index in [0.717, 1.165) is 4.47 Å². The number of halogens is 1. The molecule has 0 spiro atoms. The number of nitrogens with zero attached hydrogens (tertiary/aromatic N) is 2. The molecule has 2 aromatic rings. The summed E-state index contributed by atoms with van der Waals surface area (Å²) in [4.78, 5) is 20.7. The zero-order valence-electron chi connectivity index (χ0n) is 8.91. The van der Waals surface area contributed by atoms with Crippen LogP contribution < -0.4 is 10.7 Å². The molecule has 0 atom stereocenters. The molecule has 2 aromatic heterocycles. The van der Waals surface area contributed by atoms with Gasteiger partial charge >= 0.3 is 0 Å². The van der Waals surface area contributed by atoms with Crippen LogP contribution in [0.4, 0.5) is 0 Å². The topological polar surface area (TPSA) is 59.9 Å². The monoisotopic (exact) mass is 346 g/mol. The number of hydrogen-bond donors (Lipinski definition) is 1. The molecule has 2 rings (SSSR count). The number of pyridine rings is 1. The molecule has 2 heterocycles. The van der Waals surface area contributed by atoms with Crippen molar-refractivity contribution in [1.29, 1.82) is 0 Å². The van der Waals surface area contributed by atoms with Gasteiger partial charge in [-0.3, -0.25) is 4.79 Å². The standard InChI is InChI=1S/C6H4BrN3O.C2H6.CH3.Y/c7-3-1-4-5(8-2-3)10-6(11)9-4;1-2;;/h1-2H,(H2,8,9,10,11);1-2H3;1H3;/q;;-1;/p-1. The number of rotatable bonds is 0. The van der Waals surface area contributed by atoms with Crippen LogP contribution in [0.1, 0.15) is 13.8 Å². The van der Waals surface area contributed by atoms with Crippen molar-refractivity contribution in [2.45, 2.75) is 13.8 Å². The van der Waals surface area contributed by atoms with Crippen LogP contribution >= 0.6 is 15.9 Å². The Morgan fingerprint density at radius 3 is 2.67 bits per heavy atom. The van der Waals surface area contributed by atoms with Gasteiger partial charge in [0.05, 0.1) is 0 Å². The minimum absolute atomic E-state index is 0. The SMILES string of the molecule is CC.O=c1[n-]c2ncc(Br)cc2[nH]1.[CH3-].[Y]. The smallest absolute Gasteiger partial charge is 0.220 e. The second-order valence-electron chi connectivity index (χ2n) is 2.07. The van der Waals surface area contributed by atoms with Crippen molar-refractivity contribution in [3.8, 4) is 0 Å². The number of aromatic nitrogens is 3. The molecule has 0 bridgehead atoms. The van der Waals surface area contributed by atoms with Crippen molar-refractivity contribution < 1.29 is 32.7 Å². The Morgan fingerprint density at radius 1 is 1.47 bits per heavy atom. The molecule has 0 aliphatic rings. The molecule has 0 saturated carbocycles. The number of imidazole rings is 1. The average Bonchev–Trinajstić information content (AvgIpc) is 2.48. The van der Waals surface area contributed by atoms with E-state index in [0.29, 0.717) is 11.2 Å². The van der Waals surface area contributed by atoms with Crippen LogP contribution in [0, 0.1) is 7.43 Å². The van der Waals surface area contributed by atoms with Gasteiger partial charge in [0.2, 0.25) is 5.69 Å². The van der Waals surface area contributed by atoms with Crippen molar-refractivity contribution >= 4 is 27.1 Å². The summed E-state index contributed by atoms with van der Waals surface area (Å²) in [5, 5.41) is 0. The minimum Gasteiger partial charge on any atom is -0.380 e. The number of aromatic amines is 1. The van der Waals surface area contributed by atoms with Crippen molar-refractivity contribution in [1.82, 2.24) is 15.0 Å². The molecular formula is C9H12BrN3OY-2. The van der Waals surface area contributed by atoms with Crippen molar-refractivity contribution in [3.63, 3.8) is 0 Å². The second kappa shape index (κ2) is 8.19. The predicted octanol–water partition coefficient (Wildman–Crippen LogP) is 2.12. The van der Waals surface area contributed by atoms with Gasteiger partial charge in [-0.25, -0.2) is 0 Å². The largest absolute Gasteiger partial charge is 0.380 e. The molecule has 81 valence electrons. The average molecular weight is 347 g/mol. The zero-order chi connectivity index (χ0) is 9.84. The molecule has 1 radical (unpaired) electrons. The van der Waals surface area contributed by atoms with Crippen LogP contribution in [-0.4, -0.2) is 9.97 Å². The van der Waals surface area contributed by atoms with Gasteiger partial charge < -0.3 is 22.4 Å². The summed E-state index contributed by atoms with van der Waals surface area (Å²) in [6.07, 6.45) is 1.60. The van der Waals surface area contributed by atoms with Crippen molar-refractivity contribution in [2.24, 2.45) is 0 Å².